The molecule has 0 spiro atoms. The van der Waals surface area contributed by atoms with Gasteiger partial charge >= 0.3 is 5.97 Å². The first kappa shape index (κ1) is 21.2. The molecule has 138 valence electrons. The van der Waals surface area contributed by atoms with Gasteiger partial charge in [0.05, 0.1) is 14.7 Å². The molecule has 0 aromatic carbocycles. The largest absolute Gasteiger partial charge is 0.463 e. The summed E-state index contributed by atoms with van der Waals surface area (Å²) < 4.78 is 10.9. The fourth-order valence-corrected chi connectivity index (χ4v) is 10.2. The maximum atomic E-state index is 11.5. The zero-order valence-electron chi connectivity index (χ0n) is 17.0. The van der Waals surface area contributed by atoms with Crippen LogP contribution in [0.3, 0.4) is 0 Å². The maximum Gasteiger partial charge on any atom is 0.330 e. The lowest BCUT2D eigenvalue weighted by Crippen LogP contribution is -2.43. The van der Waals surface area contributed by atoms with E-state index < -0.39 is 8.07 Å². The molecule has 0 saturated carbocycles. The van der Waals surface area contributed by atoms with E-state index in [2.05, 4.69) is 54.2 Å². The predicted octanol–water partition coefficient (Wildman–Crippen LogP) is 5.43. The molecule has 0 aromatic heterocycles. The van der Waals surface area contributed by atoms with Crippen LogP contribution in [0.25, 0.3) is 0 Å². The summed E-state index contributed by atoms with van der Waals surface area (Å²) in [6.07, 6.45) is 3.41. The van der Waals surface area contributed by atoms with Gasteiger partial charge in [-0.3, -0.25) is 0 Å². The van der Waals surface area contributed by atoms with Crippen molar-refractivity contribution in [3.63, 3.8) is 0 Å². The van der Waals surface area contributed by atoms with Gasteiger partial charge in [0.25, 0.3) is 0 Å². The molecule has 24 heavy (non-hydrogen) atoms. The van der Waals surface area contributed by atoms with E-state index >= 15 is 0 Å². The fraction of sp³-hybridized carbons (Fsp3) is 0.750. The second-order valence-corrected chi connectivity index (χ2v) is 13.9. The van der Waals surface area contributed by atoms with E-state index in [0.717, 1.165) is 0 Å². The molecule has 0 aliphatic carbocycles. The topological polar surface area (TPSA) is 38.8 Å². The van der Waals surface area contributed by atoms with Crippen molar-refractivity contribution in [2.75, 3.05) is 6.61 Å². The van der Waals surface area contributed by atoms with E-state index in [-0.39, 0.29) is 17.7 Å². The summed E-state index contributed by atoms with van der Waals surface area (Å²) in [7, 11) is -1.59. The lowest BCUT2D eigenvalue weighted by molar-refractivity contribution is -0.137. The van der Waals surface area contributed by atoms with Gasteiger partial charge in [-0.2, -0.15) is 0 Å². The summed E-state index contributed by atoms with van der Waals surface area (Å²) in [5.41, 5.74) is 5.57. The minimum atomic E-state index is -1.59. The molecule has 0 unspecified atom stereocenters. The van der Waals surface area contributed by atoms with E-state index in [1.165, 1.54) is 11.6 Å². The molecule has 2 atom stereocenters. The van der Waals surface area contributed by atoms with Crippen LogP contribution in [0.2, 0.25) is 16.6 Å². The molecule has 0 amide bonds. The van der Waals surface area contributed by atoms with Crippen LogP contribution in [0.4, 0.5) is 0 Å². The molecule has 4 heteroatoms. The van der Waals surface area contributed by atoms with E-state index in [9.17, 15) is 4.79 Å². The summed E-state index contributed by atoms with van der Waals surface area (Å²) in [6, 6.07) is 0. The molecule has 1 fully saturated rings. The van der Waals surface area contributed by atoms with Crippen molar-refractivity contribution in [3.8, 4) is 0 Å². The van der Waals surface area contributed by atoms with Crippen LogP contribution in [0, 0.1) is 0 Å². The Labute approximate surface area is 149 Å². The monoisotopic (exact) mass is 352 g/mol. The molecule has 1 aliphatic heterocycles. The minimum absolute atomic E-state index is 0.0753. The van der Waals surface area contributed by atoms with Gasteiger partial charge in [0.1, 0.15) is 11.7 Å². The first-order valence-corrected chi connectivity index (χ1v) is 11.5. The van der Waals surface area contributed by atoms with E-state index in [4.69, 9.17) is 9.47 Å². The third-order valence-electron chi connectivity index (χ3n) is 5.56. The molecular weight excluding hydrogens is 316 g/mol. The van der Waals surface area contributed by atoms with Gasteiger partial charge in [-0.05, 0) is 49.0 Å². The van der Waals surface area contributed by atoms with Crippen molar-refractivity contribution in [1.82, 2.24) is 0 Å². The van der Waals surface area contributed by atoms with Crippen LogP contribution in [-0.2, 0) is 14.3 Å². The Bertz CT molecular complexity index is 483. The van der Waals surface area contributed by atoms with Gasteiger partial charge in [-0.1, -0.05) is 47.2 Å². The van der Waals surface area contributed by atoms with Crippen LogP contribution in [0.5, 0.6) is 0 Å². The highest BCUT2D eigenvalue weighted by Gasteiger charge is 2.52. The van der Waals surface area contributed by atoms with Gasteiger partial charge < -0.3 is 9.47 Å². The molecule has 1 heterocycles. The van der Waals surface area contributed by atoms with Crippen molar-refractivity contribution < 1.29 is 14.3 Å². The highest BCUT2D eigenvalue weighted by atomic mass is 28.3. The second kappa shape index (κ2) is 8.00. The van der Waals surface area contributed by atoms with Gasteiger partial charge in [-0.15, -0.1) is 0 Å². The number of hydrogen-bond donors (Lipinski definition) is 0. The zero-order chi connectivity index (χ0) is 18.7. The molecule has 0 aromatic rings. The first-order valence-electron chi connectivity index (χ1n) is 9.24. The number of ether oxygens (including phenoxy) is 2. The molecule has 1 saturated heterocycles. The zero-order valence-corrected chi connectivity index (χ0v) is 18.0. The molecule has 0 radical (unpaired) electrons. The number of esters is 1. The Morgan fingerprint density at radius 1 is 1.17 bits per heavy atom. The normalized spacial score (nSPS) is 25.2. The molecule has 0 bridgehead atoms. The average molecular weight is 353 g/mol. The van der Waals surface area contributed by atoms with Crippen LogP contribution in [0.1, 0.15) is 62.3 Å². The van der Waals surface area contributed by atoms with Gasteiger partial charge in [0, 0.05) is 6.08 Å². The fourth-order valence-electron chi connectivity index (χ4n) is 4.29. The van der Waals surface area contributed by atoms with Gasteiger partial charge in [-0.25, -0.2) is 4.79 Å². The van der Waals surface area contributed by atoms with Crippen LogP contribution < -0.4 is 0 Å². The van der Waals surface area contributed by atoms with Crippen molar-refractivity contribution in [1.29, 1.82) is 0 Å². The Kier molecular flexibility index (Phi) is 7.06. The molecular formula is C20H36O3Si. The summed E-state index contributed by atoms with van der Waals surface area (Å²) >= 11 is 0. The highest BCUT2D eigenvalue weighted by molar-refractivity contribution is 6.88. The summed E-state index contributed by atoms with van der Waals surface area (Å²) in [5, 5.41) is 0. The third kappa shape index (κ3) is 4.40. The van der Waals surface area contributed by atoms with Crippen molar-refractivity contribution >= 4 is 14.0 Å². The maximum absolute atomic E-state index is 11.5. The van der Waals surface area contributed by atoms with Gasteiger partial charge in [0.15, 0.2) is 0 Å². The van der Waals surface area contributed by atoms with Crippen LogP contribution in [-0.4, -0.2) is 32.4 Å². The quantitative estimate of drug-likeness (QED) is 0.253. The predicted molar refractivity (Wildman–Crippen MR) is 104 cm³/mol. The number of epoxide rings is 1. The number of carbonyl (C=O) groups is 1. The molecule has 0 N–H and O–H groups in total. The van der Waals surface area contributed by atoms with Crippen LogP contribution >= 0.6 is 0 Å². The summed E-state index contributed by atoms with van der Waals surface area (Å²) in [6.45, 7) is 20.6. The second-order valence-electron chi connectivity index (χ2n) is 8.12. The van der Waals surface area contributed by atoms with E-state index in [1.807, 2.05) is 19.9 Å². The average Bonchev–Trinajstić information content (AvgIpc) is 3.14. The minimum Gasteiger partial charge on any atom is -0.463 e. The Hall–Kier alpha value is -0.873. The summed E-state index contributed by atoms with van der Waals surface area (Å²) in [5.74, 6) is -0.301. The Morgan fingerprint density at radius 2 is 1.67 bits per heavy atom. The number of carbonyl (C=O) groups excluding carboxylic acids is 1. The highest BCUT2D eigenvalue weighted by Crippen LogP contribution is 2.47. The Balaban J connectivity index is 2.99. The van der Waals surface area contributed by atoms with Crippen LogP contribution in [0.15, 0.2) is 23.4 Å². The van der Waals surface area contributed by atoms with Crippen molar-refractivity contribution in [2.45, 2.75) is 90.6 Å². The van der Waals surface area contributed by atoms with E-state index in [0.29, 0.717) is 23.2 Å². The van der Waals surface area contributed by atoms with Gasteiger partial charge in [0.2, 0.25) is 0 Å². The van der Waals surface area contributed by atoms with Crippen molar-refractivity contribution in [3.05, 3.63) is 23.4 Å². The third-order valence-corrected chi connectivity index (χ3v) is 12.5. The molecule has 1 rings (SSSR count). The lowest BCUT2D eigenvalue weighted by atomic mass is 10.0. The summed E-state index contributed by atoms with van der Waals surface area (Å²) in [4.78, 5) is 11.5. The Morgan fingerprint density at radius 3 is 2.08 bits per heavy atom. The smallest absolute Gasteiger partial charge is 0.330 e. The van der Waals surface area contributed by atoms with E-state index in [1.54, 1.807) is 0 Å². The molecule has 3 nitrogen and oxygen atoms in total. The number of hydrogen-bond acceptors (Lipinski definition) is 3. The molecule has 1 aliphatic rings. The SMILES string of the molecule is CCOC(=O)/C=C/[C@@]1(C)O[C@@H]1/C(C)=C/[Si](C(C)C)(C(C)C)C(C)C. The number of rotatable bonds is 8. The first-order chi connectivity index (χ1) is 11.0. The lowest BCUT2D eigenvalue weighted by Gasteiger charge is -2.41. The standard InChI is InChI=1S/C20H36O3Si/c1-10-22-18(21)11-12-20(9)19(23-20)17(8)13-24(14(2)3,15(4)5)16(6)7/h11-16,19H,10H2,1-9H3/b12-11+,17-13+/t19-,20-/m1/s1. The van der Waals surface area contributed by atoms with Crippen molar-refractivity contribution in [2.24, 2.45) is 0 Å².